The van der Waals surface area contributed by atoms with Crippen LogP contribution in [-0.2, 0) is 9.53 Å². The van der Waals surface area contributed by atoms with Crippen LogP contribution in [0.2, 0.25) is 0 Å². The fourth-order valence-corrected chi connectivity index (χ4v) is 2.36. The molecule has 1 aliphatic heterocycles. The Morgan fingerprint density at radius 1 is 1.57 bits per heavy atom. The summed E-state index contributed by atoms with van der Waals surface area (Å²) in [5.41, 5.74) is 8.62. The zero-order valence-electron chi connectivity index (χ0n) is 12.8. The lowest BCUT2D eigenvalue weighted by Gasteiger charge is -2.33. The van der Waals surface area contributed by atoms with Gasteiger partial charge in [0, 0.05) is 13.7 Å². The van der Waals surface area contributed by atoms with Crippen molar-refractivity contribution >= 4 is 11.6 Å². The fourth-order valence-electron chi connectivity index (χ4n) is 2.36. The number of hydrogen-bond acceptors (Lipinski definition) is 4. The Balaban J connectivity index is 2.40. The van der Waals surface area contributed by atoms with E-state index in [0.29, 0.717) is 18.9 Å². The molecule has 2 atom stereocenters. The van der Waals surface area contributed by atoms with Crippen molar-refractivity contribution < 1.29 is 14.3 Å². The number of nitrogens with zero attached hydrogens (tertiary/aromatic N) is 1. The summed E-state index contributed by atoms with van der Waals surface area (Å²) in [5.74, 6) is 0.625. The molecule has 1 heterocycles. The average molecular weight is 290 g/mol. The van der Waals surface area contributed by atoms with Crippen LogP contribution in [0.15, 0.2) is 30.4 Å². The number of rotatable bonds is 5. The Morgan fingerprint density at radius 2 is 2.29 bits per heavy atom. The third kappa shape index (κ3) is 3.25. The first-order chi connectivity index (χ1) is 9.93. The van der Waals surface area contributed by atoms with E-state index in [4.69, 9.17) is 15.2 Å². The van der Waals surface area contributed by atoms with Gasteiger partial charge in [-0.2, -0.15) is 0 Å². The van der Waals surface area contributed by atoms with E-state index in [-0.39, 0.29) is 11.9 Å². The van der Waals surface area contributed by atoms with Crippen LogP contribution in [0.1, 0.15) is 25.5 Å². The highest BCUT2D eigenvalue weighted by Gasteiger charge is 2.31. The van der Waals surface area contributed by atoms with Gasteiger partial charge < -0.3 is 20.1 Å². The Morgan fingerprint density at radius 3 is 2.90 bits per heavy atom. The summed E-state index contributed by atoms with van der Waals surface area (Å²) in [7, 11) is 1.61. The fraction of sp³-hybridized carbons (Fsp3) is 0.438. The van der Waals surface area contributed by atoms with Crippen molar-refractivity contribution in [2.24, 2.45) is 5.73 Å². The van der Waals surface area contributed by atoms with E-state index in [2.05, 4.69) is 6.58 Å². The molecule has 0 saturated heterocycles. The van der Waals surface area contributed by atoms with Crippen molar-refractivity contribution in [3.05, 3.63) is 35.9 Å². The van der Waals surface area contributed by atoms with Crippen molar-refractivity contribution in [1.82, 2.24) is 0 Å². The molecule has 2 unspecified atom stereocenters. The quantitative estimate of drug-likeness (QED) is 0.843. The van der Waals surface area contributed by atoms with Gasteiger partial charge in [-0.25, -0.2) is 0 Å². The predicted octanol–water partition coefficient (Wildman–Crippen LogP) is 2.02. The molecule has 0 saturated carbocycles. The number of amides is 1. The number of fused-ring (bicyclic) bond motifs is 1. The summed E-state index contributed by atoms with van der Waals surface area (Å²) in [6.07, 6.45) is -0.490. The predicted molar refractivity (Wildman–Crippen MR) is 82.5 cm³/mol. The van der Waals surface area contributed by atoms with E-state index >= 15 is 0 Å². The first-order valence-electron chi connectivity index (χ1n) is 6.95. The normalized spacial score (nSPS) is 19.0. The van der Waals surface area contributed by atoms with E-state index in [1.54, 1.807) is 18.9 Å². The number of ether oxygens (including phenoxy) is 2. The maximum Gasteiger partial charge on any atom is 0.268 e. The molecule has 2 rings (SSSR count). The second-order valence-electron chi connectivity index (χ2n) is 5.43. The van der Waals surface area contributed by atoms with Gasteiger partial charge in [-0.3, -0.25) is 4.79 Å². The van der Waals surface area contributed by atoms with Crippen molar-refractivity contribution in [1.29, 1.82) is 0 Å². The van der Waals surface area contributed by atoms with Crippen LogP contribution in [0.25, 0.3) is 0 Å². The minimum Gasteiger partial charge on any atom is -0.479 e. The van der Waals surface area contributed by atoms with E-state index < -0.39 is 6.10 Å². The highest BCUT2D eigenvalue weighted by atomic mass is 16.5. The zero-order chi connectivity index (χ0) is 15.6. The Labute approximate surface area is 125 Å². The Kier molecular flexibility index (Phi) is 4.65. The third-order valence-electron chi connectivity index (χ3n) is 3.39. The van der Waals surface area contributed by atoms with Gasteiger partial charge in [0.25, 0.3) is 5.91 Å². The number of methoxy groups -OCH3 is 1. The summed E-state index contributed by atoms with van der Waals surface area (Å²) in [6, 6.07) is 5.42. The van der Waals surface area contributed by atoms with E-state index in [9.17, 15) is 4.79 Å². The molecule has 1 aromatic carbocycles. The highest BCUT2D eigenvalue weighted by molar-refractivity contribution is 6.00. The Hall–Kier alpha value is -1.85. The molecule has 21 heavy (non-hydrogen) atoms. The molecule has 2 N–H and O–H groups in total. The van der Waals surface area contributed by atoms with Crippen LogP contribution in [-0.4, -0.2) is 32.3 Å². The lowest BCUT2D eigenvalue weighted by atomic mass is 10.0. The van der Waals surface area contributed by atoms with Gasteiger partial charge in [0.1, 0.15) is 5.75 Å². The van der Waals surface area contributed by atoms with Crippen LogP contribution in [0.5, 0.6) is 5.75 Å². The van der Waals surface area contributed by atoms with Gasteiger partial charge >= 0.3 is 0 Å². The minimum absolute atomic E-state index is 0.0667. The molecule has 1 aromatic rings. The molecule has 0 aromatic heterocycles. The molecule has 0 spiro atoms. The van der Waals surface area contributed by atoms with Gasteiger partial charge in [-0.15, -0.1) is 0 Å². The molecular formula is C16H22N2O3. The number of benzene rings is 1. The Bertz CT molecular complexity index is 556. The van der Waals surface area contributed by atoms with Crippen molar-refractivity contribution in [2.75, 3.05) is 25.2 Å². The molecule has 1 amide bonds. The maximum atomic E-state index is 12.3. The second-order valence-corrected chi connectivity index (χ2v) is 5.43. The number of carbonyl (C=O) groups excluding carboxylic acids is 1. The third-order valence-corrected chi connectivity index (χ3v) is 3.39. The lowest BCUT2D eigenvalue weighted by Crippen LogP contribution is -2.45. The van der Waals surface area contributed by atoms with Crippen LogP contribution in [0, 0.1) is 0 Å². The van der Waals surface area contributed by atoms with Crippen LogP contribution >= 0.6 is 0 Å². The van der Waals surface area contributed by atoms with E-state index in [1.165, 1.54) is 0 Å². The molecule has 114 valence electrons. The van der Waals surface area contributed by atoms with Crippen LogP contribution < -0.4 is 15.4 Å². The van der Waals surface area contributed by atoms with Gasteiger partial charge in [0.05, 0.1) is 18.3 Å². The van der Waals surface area contributed by atoms with Gasteiger partial charge in [0.2, 0.25) is 0 Å². The van der Waals surface area contributed by atoms with Gasteiger partial charge in [-0.05, 0) is 31.5 Å². The first-order valence-corrected chi connectivity index (χ1v) is 6.95. The van der Waals surface area contributed by atoms with Crippen LogP contribution in [0.4, 0.5) is 5.69 Å². The number of anilines is 1. The van der Waals surface area contributed by atoms with Crippen molar-refractivity contribution in [3.63, 3.8) is 0 Å². The first kappa shape index (κ1) is 15.5. The molecule has 1 aliphatic rings. The molecule has 5 heteroatoms. The second kappa shape index (κ2) is 6.28. The van der Waals surface area contributed by atoms with Gasteiger partial charge in [0.15, 0.2) is 6.10 Å². The topological polar surface area (TPSA) is 64.8 Å². The smallest absolute Gasteiger partial charge is 0.268 e. The zero-order valence-corrected chi connectivity index (χ0v) is 12.8. The van der Waals surface area contributed by atoms with Crippen molar-refractivity contribution in [2.45, 2.75) is 26.0 Å². The number of carbonyl (C=O) groups is 1. The van der Waals surface area contributed by atoms with Crippen molar-refractivity contribution in [3.8, 4) is 5.75 Å². The van der Waals surface area contributed by atoms with Gasteiger partial charge in [-0.1, -0.05) is 18.2 Å². The summed E-state index contributed by atoms with van der Waals surface area (Å²) in [6.45, 7) is 8.43. The molecule has 5 nitrogen and oxygen atoms in total. The maximum absolute atomic E-state index is 12.3. The summed E-state index contributed by atoms with van der Waals surface area (Å²) < 4.78 is 10.7. The molecule has 0 fully saturated rings. The summed E-state index contributed by atoms with van der Waals surface area (Å²) in [5, 5.41) is 0. The lowest BCUT2D eigenvalue weighted by molar-refractivity contribution is -0.125. The monoisotopic (exact) mass is 290 g/mol. The standard InChI is InChI=1S/C16H22N2O3/c1-10(2)8-18-14-7-12(13(17)9-20-4)5-6-15(14)21-11(3)16(18)19/h5-7,11,13H,1,8-9,17H2,2-4H3. The van der Waals surface area contributed by atoms with E-state index in [0.717, 1.165) is 16.8 Å². The molecular weight excluding hydrogens is 268 g/mol. The number of nitrogens with two attached hydrogens (primary N) is 1. The summed E-state index contributed by atoms with van der Waals surface area (Å²) in [4.78, 5) is 14.0. The largest absolute Gasteiger partial charge is 0.479 e. The average Bonchev–Trinajstić information content (AvgIpc) is 2.43. The minimum atomic E-state index is -0.490. The molecule has 0 bridgehead atoms. The molecule has 0 aliphatic carbocycles. The highest BCUT2D eigenvalue weighted by Crippen LogP contribution is 2.36. The number of hydrogen-bond donors (Lipinski definition) is 1. The molecule has 0 radical (unpaired) electrons. The SMILES string of the molecule is C=C(C)CN1C(=O)C(C)Oc2ccc(C(N)COC)cc21. The van der Waals surface area contributed by atoms with E-state index in [1.807, 2.05) is 25.1 Å². The van der Waals surface area contributed by atoms with Crippen LogP contribution in [0.3, 0.4) is 0 Å². The summed E-state index contributed by atoms with van der Waals surface area (Å²) >= 11 is 0.